The summed E-state index contributed by atoms with van der Waals surface area (Å²) in [6.07, 6.45) is 5.49. The van der Waals surface area contributed by atoms with Crippen molar-refractivity contribution in [3.8, 4) is 0 Å². The number of hydrogen-bond acceptors (Lipinski definition) is 3. The van der Waals surface area contributed by atoms with Crippen LogP contribution < -0.4 is 5.32 Å². The molecule has 1 heterocycles. The van der Waals surface area contributed by atoms with E-state index in [4.69, 9.17) is 4.74 Å². The van der Waals surface area contributed by atoms with Gasteiger partial charge in [-0.2, -0.15) is 0 Å². The zero-order valence-electron chi connectivity index (χ0n) is 11.2. The highest BCUT2D eigenvalue weighted by molar-refractivity contribution is 4.68. The predicted molar refractivity (Wildman–Crippen MR) is 68.8 cm³/mol. The molecule has 1 aliphatic heterocycles. The van der Waals surface area contributed by atoms with Crippen LogP contribution in [0.1, 0.15) is 39.5 Å². The van der Waals surface area contributed by atoms with E-state index in [9.17, 15) is 0 Å². The standard InChI is InChI=1S/C13H28N2O/c1-4-12(2)15(3)9-8-14-11-13-7-5-6-10-16-13/h12-14H,4-11H2,1-3H3. The molecule has 1 fully saturated rings. The number of hydrogen-bond donors (Lipinski definition) is 1. The Morgan fingerprint density at radius 3 is 2.88 bits per heavy atom. The van der Waals surface area contributed by atoms with Gasteiger partial charge < -0.3 is 15.0 Å². The third kappa shape index (κ3) is 5.28. The predicted octanol–water partition coefficient (Wildman–Crippen LogP) is 1.88. The molecule has 1 rings (SSSR count). The number of nitrogens with one attached hydrogen (secondary N) is 1. The molecule has 16 heavy (non-hydrogen) atoms. The molecule has 0 spiro atoms. The van der Waals surface area contributed by atoms with E-state index in [1.54, 1.807) is 0 Å². The Bertz CT molecular complexity index is 165. The van der Waals surface area contributed by atoms with Gasteiger partial charge in [-0.25, -0.2) is 0 Å². The quantitative estimate of drug-likeness (QED) is 0.673. The highest BCUT2D eigenvalue weighted by Crippen LogP contribution is 2.11. The second-order valence-corrected chi connectivity index (χ2v) is 4.93. The van der Waals surface area contributed by atoms with E-state index in [2.05, 4.69) is 31.1 Å². The lowest BCUT2D eigenvalue weighted by Crippen LogP contribution is -2.38. The number of rotatable bonds is 7. The fourth-order valence-corrected chi connectivity index (χ4v) is 2.02. The highest BCUT2D eigenvalue weighted by atomic mass is 16.5. The summed E-state index contributed by atoms with van der Waals surface area (Å²) in [6, 6.07) is 0.688. The van der Waals surface area contributed by atoms with Crippen LogP contribution >= 0.6 is 0 Å². The molecular weight excluding hydrogens is 200 g/mol. The lowest BCUT2D eigenvalue weighted by Gasteiger charge is -2.25. The van der Waals surface area contributed by atoms with Crippen LogP contribution in [0.15, 0.2) is 0 Å². The summed E-state index contributed by atoms with van der Waals surface area (Å²) in [5.74, 6) is 0. The van der Waals surface area contributed by atoms with Gasteiger partial charge in [-0.05, 0) is 39.7 Å². The Morgan fingerprint density at radius 1 is 1.44 bits per heavy atom. The fraction of sp³-hybridized carbons (Fsp3) is 1.00. The first-order valence-electron chi connectivity index (χ1n) is 6.76. The van der Waals surface area contributed by atoms with Gasteiger partial charge in [0.25, 0.3) is 0 Å². The molecule has 0 aromatic carbocycles. The minimum Gasteiger partial charge on any atom is -0.377 e. The molecule has 1 saturated heterocycles. The second-order valence-electron chi connectivity index (χ2n) is 4.93. The van der Waals surface area contributed by atoms with Gasteiger partial charge in [0.05, 0.1) is 6.10 Å². The maximum absolute atomic E-state index is 5.68. The van der Waals surface area contributed by atoms with E-state index < -0.39 is 0 Å². The fourth-order valence-electron chi connectivity index (χ4n) is 2.02. The first-order chi connectivity index (χ1) is 7.74. The van der Waals surface area contributed by atoms with Crippen LogP contribution in [0, 0.1) is 0 Å². The van der Waals surface area contributed by atoms with Gasteiger partial charge in [-0.3, -0.25) is 0 Å². The molecule has 96 valence electrons. The van der Waals surface area contributed by atoms with Crippen molar-refractivity contribution in [3.63, 3.8) is 0 Å². The van der Waals surface area contributed by atoms with Crippen molar-refractivity contribution in [2.24, 2.45) is 0 Å². The minimum atomic E-state index is 0.461. The molecule has 3 nitrogen and oxygen atoms in total. The summed E-state index contributed by atoms with van der Waals surface area (Å²) in [5.41, 5.74) is 0. The van der Waals surface area contributed by atoms with E-state index in [1.165, 1.54) is 25.7 Å². The van der Waals surface area contributed by atoms with E-state index in [0.717, 1.165) is 26.2 Å². The highest BCUT2D eigenvalue weighted by Gasteiger charge is 2.13. The molecular formula is C13H28N2O. The first-order valence-corrected chi connectivity index (χ1v) is 6.76. The van der Waals surface area contributed by atoms with E-state index >= 15 is 0 Å². The Kier molecular flexibility index (Phi) is 7.01. The van der Waals surface area contributed by atoms with Crippen molar-refractivity contribution in [3.05, 3.63) is 0 Å². The van der Waals surface area contributed by atoms with E-state index in [-0.39, 0.29) is 0 Å². The maximum Gasteiger partial charge on any atom is 0.0699 e. The van der Waals surface area contributed by atoms with Crippen LogP contribution in [-0.4, -0.2) is 50.3 Å². The summed E-state index contributed by atoms with van der Waals surface area (Å²) >= 11 is 0. The molecule has 0 bridgehead atoms. The Balaban J connectivity index is 1.98. The summed E-state index contributed by atoms with van der Waals surface area (Å²) in [7, 11) is 2.20. The third-order valence-electron chi connectivity index (χ3n) is 3.63. The van der Waals surface area contributed by atoms with Gasteiger partial charge in [0.1, 0.15) is 0 Å². The average Bonchev–Trinajstić information content (AvgIpc) is 2.34. The molecule has 0 aliphatic carbocycles. The summed E-state index contributed by atoms with van der Waals surface area (Å²) in [6.45, 7) is 8.70. The Morgan fingerprint density at radius 2 is 2.25 bits per heavy atom. The molecule has 0 radical (unpaired) electrons. The lowest BCUT2D eigenvalue weighted by molar-refractivity contribution is 0.0167. The SMILES string of the molecule is CCC(C)N(C)CCNCC1CCCCO1. The molecule has 0 amide bonds. The minimum absolute atomic E-state index is 0.461. The maximum atomic E-state index is 5.68. The molecule has 3 heteroatoms. The second kappa shape index (κ2) is 8.04. The molecule has 0 aromatic heterocycles. The van der Waals surface area contributed by atoms with Crippen molar-refractivity contribution in [2.75, 3.05) is 33.3 Å². The topological polar surface area (TPSA) is 24.5 Å². The summed E-state index contributed by atoms with van der Waals surface area (Å²) in [4.78, 5) is 2.41. The monoisotopic (exact) mass is 228 g/mol. The van der Waals surface area contributed by atoms with Crippen molar-refractivity contribution >= 4 is 0 Å². The zero-order valence-corrected chi connectivity index (χ0v) is 11.2. The smallest absolute Gasteiger partial charge is 0.0699 e. The average molecular weight is 228 g/mol. The van der Waals surface area contributed by atoms with Crippen LogP contribution in [0.3, 0.4) is 0 Å². The van der Waals surface area contributed by atoms with E-state index in [1.807, 2.05) is 0 Å². The molecule has 1 aliphatic rings. The number of likely N-dealkylation sites (N-methyl/N-ethyl adjacent to an activating group) is 1. The number of ether oxygens (including phenoxy) is 1. The molecule has 0 aromatic rings. The summed E-state index contributed by atoms with van der Waals surface area (Å²) in [5, 5.41) is 3.50. The van der Waals surface area contributed by atoms with Crippen LogP contribution in [0.2, 0.25) is 0 Å². The van der Waals surface area contributed by atoms with Crippen LogP contribution in [-0.2, 0) is 4.74 Å². The van der Waals surface area contributed by atoms with Gasteiger partial charge in [0.15, 0.2) is 0 Å². The van der Waals surface area contributed by atoms with Crippen LogP contribution in [0.5, 0.6) is 0 Å². The Hall–Kier alpha value is -0.120. The molecule has 1 N–H and O–H groups in total. The van der Waals surface area contributed by atoms with Gasteiger partial charge in [0.2, 0.25) is 0 Å². The van der Waals surface area contributed by atoms with Gasteiger partial charge in [-0.15, -0.1) is 0 Å². The largest absolute Gasteiger partial charge is 0.377 e. The number of nitrogens with zero attached hydrogens (tertiary/aromatic N) is 1. The van der Waals surface area contributed by atoms with Crippen LogP contribution in [0.25, 0.3) is 0 Å². The summed E-state index contributed by atoms with van der Waals surface area (Å²) < 4.78 is 5.68. The van der Waals surface area contributed by atoms with Crippen molar-refractivity contribution in [1.29, 1.82) is 0 Å². The normalized spacial score (nSPS) is 23.6. The molecule has 2 unspecified atom stereocenters. The van der Waals surface area contributed by atoms with E-state index in [0.29, 0.717) is 12.1 Å². The van der Waals surface area contributed by atoms with Gasteiger partial charge >= 0.3 is 0 Å². The lowest BCUT2D eigenvalue weighted by atomic mass is 10.1. The Labute approximate surface area is 101 Å². The molecule has 0 saturated carbocycles. The van der Waals surface area contributed by atoms with Gasteiger partial charge in [-0.1, -0.05) is 6.92 Å². The van der Waals surface area contributed by atoms with Crippen molar-refractivity contribution in [1.82, 2.24) is 10.2 Å². The third-order valence-corrected chi connectivity index (χ3v) is 3.63. The first kappa shape index (κ1) is 13.9. The van der Waals surface area contributed by atoms with Crippen molar-refractivity contribution in [2.45, 2.75) is 51.7 Å². The molecule has 2 atom stereocenters. The van der Waals surface area contributed by atoms with Crippen LogP contribution in [0.4, 0.5) is 0 Å². The van der Waals surface area contributed by atoms with Gasteiger partial charge in [0, 0.05) is 32.3 Å². The zero-order chi connectivity index (χ0) is 11.8. The van der Waals surface area contributed by atoms with Crippen molar-refractivity contribution < 1.29 is 4.74 Å².